The zero-order valence-electron chi connectivity index (χ0n) is 14.6. The lowest BCUT2D eigenvalue weighted by atomic mass is 10.2. The molecule has 2 rings (SSSR count). The summed E-state index contributed by atoms with van der Waals surface area (Å²) in [7, 11) is 5.60. The molecule has 0 fully saturated rings. The SMILES string of the molecule is CCNC(=NCc1nncn1C)N(C)Cc1ccc(OC)cc1.I. The van der Waals surface area contributed by atoms with Crippen LogP contribution in [0.15, 0.2) is 35.6 Å². The summed E-state index contributed by atoms with van der Waals surface area (Å²) >= 11 is 0. The molecule has 0 saturated heterocycles. The minimum Gasteiger partial charge on any atom is -0.497 e. The monoisotopic (exact) mass is 444 g/mol. The number of aliphatic imine (C=N–C) groups is 1. The summed E-state index contributed by atoms with van der Waals surface area (Å²) in [5, 5.41) is 11.2. The third-order valence-corrected chi connectivity index (χ3v) is 3.45. The predicted molar refractivity (Wildman–Crippen MR) is 106 cm³/mol. The van der Waals surface area contributed by atoms with Crippen molar-refractivity contribution in [3.05, 3.63) is 42.0 Å². The van der Waals surface area contributed by atoms with Crippen molar-refractivity contribution in [3.63, 3.8) is 0 Å². The molecule has 8 heteroatoms. The molecule has 1 aromatic heterocycles. The average Bonchev–Trinajstić information content (AvgIpc) is 2.97. The maximum Gasteiger partial charge on any atom is 0.194 e. The largest absolute Gasteiger partial charge is 0.497 e. The minimum atomic E-state index is 0. The van der Waals surface area contributed by atoms with Crippen molar-refractivity contribution < 1.29 is 4.74 Å². The summed E-state index contributed by atoms with van der Waals surface area (Å²) in [6, 6.07) is 8.04. The Hall–Kier alpha value is -1.84. The van der Waals surface area contributed by atoms with Gasteiger partial charge in [0.2, 0.25) is 0 Å². The smallest absolute Gasteiger partial charge is 0.194 e. The van der Waals surface area contributed by atoms with Gasteiger partial charge in [-0.1, -0.05) is 12.1 Å². The van der Waals surface area contributed by atoms with E-state index in [9.17, 15) is 0 Å². The Labute approximate surface area is 160 Å². The number of nitrogens with one attached hydrogen (secondary N) is 1. The highest BCUT2D eigenvalue weighted by Crippen LogP contribution is 2.12. The standard InChI is InChI=1S/C16H24N6O.HI/c1-5-17-16(18-10-15-20-19-12-22(15)3)21(2)11-13-6-8-14(23-4)9-7-13;/h6-9,12H,5,10-11H2,1-4H3,(H,17,18);1H. The lowest BCUT2D eigenvalue weighted by molar-refractivity contribution is 0.414. The predicted octanol–water partition coefficient (Wildman–Crippen LogP) is 2.04. The Morgan fingerprint density at radius 3 is 2.58 bits per heavy atom. The van der Waals surface area contributed by atoms with Gasteiger partial charge in [0.05, 0.1) is 7.11 Å². The van der Waals surface area contributed by atoms with E-state index >= 15 is 0 Å². The third kappa shape index (κ3) is 5.66. The fourth-order valence-corrected chi connectivity index (χ4v) is 2.15. The zero-order valence-corrected chi connectivity index (χ0v) is 16.9. The Balaban J connectivity index is 0.00000288. The Bertz CT molecular complexity index is 640. The van der Waals surface area contributed by atoms with Crippen molar-refractivity contribution in [2.24, 2.45) is 12.0 Å². The molecule has 0 aliphatic carbocycles. The molecule has 0 aliphatic heterocycles. The second kappa shape index (κ2) is 10.1. The van der Waals surface area contributed by atoms with Crippen molar-refractivity contribution in [1.29, 1.82) is 0 Å². The van der Waals surface area contributed by atoms with Crippen LogP contribution in [0.2, 0.25) is 0 Å². The molecule has 1 heterocycles. The fourth-order valence-electron chi connectivity index (χ4n) is 2.15. The van der Waals surface area contributed by atoms with E-state index in [0.717, 1.165) is 30.6 Å². The molecule has 2 aromatic rings. The van der Waals surface area contributed by atoms with Crippen LogP contribution in [0.5, 0.6) is 5.75 Å². The Morgan fingerprint density at radius 1 is 1.33 bits per heavy atom. The van der Waals surface area contributed by atoms with Gasteiger partial charge in [-0.3, -0.25) is 0 Å². The van der Waals surface area contributed by atoms with E-state index < -0.39 is 0 Å². The van der Waals surface area contributed by atoms with Crippen molar-refractivity contribution >= 4 is 29.9 Å². The first kappa shape index (κ1) is 20.2. The molecular formula is C16H25IN6O. The molecule has 0 amide bonds. The first-order valence-electron chi connectivity index (χ1n) is 7.59. The number of aromatic nitrogens is 3. The van der Waals surface area contributed by atoms with Crippen molar-refractivity contribution in [2.75, 3.05) is 20.7 Å². The molecule has 7 nitrogen and oxygen atoms in total. The molecule has 0 bridgehead atoms. The van der Waals surface area contributed by atoms with Gasteiger partial charge in [0.1, 0.15) is 18.6 Å². The maximum atomic E-state index is 5.19. The van der Waals surface area contributed by atoms with Crippen LogP contribution >= 0.6 is 24.0 Å². The summed E-state index contributed by atoms with van der Waals surface area (Å²) in [6.07, 6.45) is 1.68. The summed E-state index contributed by atoms with van der Waals surface area (Å²) in [5.41, 5.74) is 1.19. The quantitative estimate of drug-likeness (QED) is 0.420. The molecule has 0 spiro atoms. The lowest BCUT2D eigenvalue weighted by Gasteiger charge is -2.22. The summed E-state index contributed by atoms with van der Waals surface area (Å²) < 4.78 is 7.06. The Kier molecular flexibility index (Phi) is 8.51. The normalized spacial score (nSPS) is 10.9. The molecule has 0 aliphatic rings. The van der Waals surface area contributed by atoms with Gasteiger partial charge >= 0.3 is 0 Å². The van der Waals surface area contributed by atoms with Gasteiger partial charge in [0, 0.05) is 27.2 Å². The number of ether oxygens (including phenoxy) is 1. The van der Waals surface area contributed by atoms with Crippen LogP contribution < -0.4 is 10.1 Å². The highest BCUT2D eigenvalue weighted by atomic mass is 127. The zero-order chi connectivity index (χ0) is 16.7. The van der Waals surface area contributed by atoms with Gasteiger partial charge < -0.3 is 19.5 Å². The lowest BCUT2D eigenvalue weighted by Crippen LogP contribution is -2.38. The number of nitrogens with zero attached hydrogens (tertiary/aromatic N) is 5. The molecule has 1 N–H and O–H groups in total. The van der Waals surface area contributed by atoms with Gasteiger partial charge in [0.25, 0.3) is 0 Å². The van der Waals surface area contributed by atoms with E-state index in [2.05, 4.69) is 44.5 Å². The number of hydrogen-bond donors (Lipinski definition) is 1. The first-order chi connectivity index (χ1) is 11.1. The summed E-state index contributed by atoms with van der Waals surface area (Å²) in [4.78, 5) is 6.72. The molecule has 0 radical (unpaired) electrons. The number of benzene rings is 1. The maximum absolute atomic E-state index is 5.19. The third-order valence-electron chi connectivity index (χ3n) is 3.45. The van der Waals surface area contributed by atoms with Gasteiger partial charge in [0.15, 0.2) is 11.8 Å². The first-order valence-corrected chi connectivity index (χ1v) is 7.59. The van der Waals surface area contributed by atoms with Gasteiger partial charge in [-0.25, -0.2) is 4.99 Å². The van der Waals surface area contributed by atoms with Crippen LogP contribution in [0.1, 0.15) is 18.3 Å². The van der Waals surface area contributed by atoms with E-state index in [0.29, 0.717) is 6.54 Å². The average molecular weight is 444 g/mol. The number of rotatable bonds is 6. The number of aryl methyl sites for hydroxylation is 1. The molecule has 132 valence electrons. The second-order valence-electron chi connectivity index (χ2n) is 5.23. The van der Waals surface area contributed by atoms with Crippen LogP contribution in [0.4, 0.5) is 0 Å². The van der Waals surface area contributed by atoms with E-state index in [1.165, 1.54) is 5.56 Å². The number of hydrogen-bond acceptors (Lipinski definition) is 4. The number of halogens is 1. The van der Waals surface area contributed by atoms with E-state index in [1.54, 1.807) is 13.4 Å². The van der Waals surface area contributed by atoms with Crippen LogP contribution in [-0.2, 0) is 20.1 Å². The number of methoxy groups -OCH3 is 1. The molecular weight excluding hydrogens is 419 g/mol. The summed E-state index contributed by atoms with van der Waals surface area (Å²) in [5.74, 6) is 2.53. The molecule has 24 heavy (non-hydrogen) atoms. The van der Waals surface area contributed by atoms with E-state index in [1.807, 2.05) is 30.8 Å². The van der Waals surface area contributed by atoms with Crippen molar-refractivity contribution in [1.82, 2.24) is 25.0 Å². The number of guanidine groups is 1. The van der Waals surface area contributed by atoms with Crippen LogP contribution in [0, 0.1) is 0 Å². The van der Waals surface area contributed by atoms with Crippen LogP contribution in [0.3, 0.4) is 0 Å². The molecule has 0 atom stereocenters. The highest BCUT2D eigenvalue weighted by molar-refractivity contribution is 14.0. The summed E-state index contributed by atoms with van der Waals surface area (Å²) in [6.45, 7) is 4.12. The van der Waals surface area contributed by atoms with Crippen molar-refractivity contribution in [2.45, 2.75) is 20.0 Å². The van der Waals surface area contributed by atoms with Crippen LogP contribution in [-0.4, -0.2) is 46.3 Å². The van der Waals surface area contributed by atoms with Gasteiger partial charge in [-0.2, -0.15) is 0 Å². The second-order valence-corrected chi connectivity index (χ2v) is 5.23. The van der Waals surface area contributed by atoms with Gasteiger partial charge in [-0.05, 0) is 24.6 Å². The molecule has 1 aromatic carbocycles. The topological polar surface area (TPSA) is 67.6 Å². The van der Waals surface area contributed by atoms with Crippen molar-refractivity contribution in [3.8, 4) is 5.75 Å². The van der Waals surface area contributed by atoms with Gasteiger partial charge in [-0.15, -0.1) is 34.2 Å². The van der Waals surface area contributed by atoms with E-state index in [-0.39, 0.29) is 24.0 Å². The Morgan fingerprint density at radius 2 is 2.04 bits per heavy atom. The fraction of sp³-hybridized carbons (Fsp3) is 0.438. The minimum absolute atomic E-state index is 0. The molecule has 0 saturated carbocycles. The highest BCUT2D eigenvalue weighted by Gasteiger charge is 2.08. The van der Waals surface area contributed by atoms with E-state index in [4.69, 9.17) is 4.74 Å². The molecule has 0 unspecified atom stereocenters. The van der Waals surface area contributed by atoms with Crippen LogP contribution in [0.25, 0.3) is 0 Å².